The van der Waals surface area contributed by atoms with Crippen molar-refractivity contribution < 1.29 is 38.1 Å². The molecule has 1 aliphatic heterocycles. The normalized spacial score (nSPS) is 22.5. The van der Waals surface area contributed by atoms with Gasteiger partial charge >= 0.3 is 17.9 Å². The summed E-state index contributed by atoms with van der Waals surface area (Å²) in [6.45, 7) is 3.81. The highest BCUT2D eigenvalue weighted by Crippen LogP contribution is 2.35. The Balaban J connectivity index is 2.16. The fourth-order valence-corrected chi connectivity index (χ4v) is 4.58. The average molecular weight is 630 g/mol. The molecule has 222 valence electrons. The van der Waals surface area contributed by atoms with Crippen molar-refractivity contribution >= 4 is 58.6 Å². The van der Waals surface area contributed by atoms with Gasteiger partial charge in [-0.15, -0.1) is 0 Å². The number of carbonyl (C=O) groups excluding carboxylic acids is 3. The Morgan fingerprint density at radius 3 is 1.73 bits per heavy atom. The van der Waals surface area contributed by atoms with Crippen LogP contribution in [0.3, 0.4) is 0 Å². The van der Waals surface area contributed by atoms with Crippen LogP contribution in [0.15, 0.2) is 60.7 Å². The molecular weight excluding hydrogens is 599 g/mol. The summed E-state index contributed by atoms with van der Waals surface area (Å²) in [5.41, 5.74) is 1.79. The molecule has 10 nitrogen and oxygen atoms in total. The summed E-state index contributed by atoms with van der Waals surface area (Å²) < 4.78 is 26.2. The summed E-state index contributed by atoms with van der Waals surface area (Å²) in [5, 5.41) is 8.26. The van der Waals surface area contributed by atoms with Gasteiger partial charge in [0.1, 0.15) is 18.8 Å². The van der Waals surface area contributed by atoms with Crippen LogP contribution in [-0.4, -0.2) is 69.7 Å². The zero-order valence-corrected chi connectivity index (χ0v) is 24.9. The molecule has 1 aliphatic rings. The van der Waals surface area contributed by atoms with Crippen molar-refractivity contribution in [1.82, 2.24) is 4.90 Å². The Morgan fingerprint density at radius 2 is 1.29 bits per heavy atom. The maximum atomic E-state index is 12.4. The Hall–Kier alpha value is -2.89. The van der Waals surface area contributed by atoms with Crippen molar-refractivity contribution in [2.24, 2.45) is 0 Å². The van der Waals surface area contributed by atoms with Gasteiger partial charge in [-0.25, -0.2) is 0 Å². The summed E-state index contributed by atoms with van der Waals surface area (Å²) >= 11 is 17.8. The molecule has 2 aromatic rings. The van der Waals surface area contributed by atoms with Gasteiger partial charge in [-0.05, 0) is 11.1 Å². The average Bonchev–Trinajstić information content (AvgIpc) is 2.89. The molecule has 1 fully saturated rings. The lowest BCUT2D eigenvalue weighted by Gasteiger charge is -2.48. The van der Waals surface area contributed by atoms with Crippen LogP contribution in [0.1, 0.15) is 31.9 Å². The standard InChI is InChI=1S/C28H31Cl3N2O8/c1-17(34)37-16-22-24(38-18(2)35)25(39-19(3)36)23(26(40-22)41-27(32)28(29,30)31)33(14-20-10-6-4-7-11-20)15-21-12-8-5-9-13-21/h4-13,22-26,32H,14-16H2,1-3H3/t22-,23-,24-,25-,26-/m1/s1. The molecule has 0 spiro atoms. The number of carbonyl (C=O) groups is 3. The highest BCUT2D eigenvalue weighted by molar-refractivity contribution is 6.76. The second kappa shape index (κ2) is 14.8. The number of esters is 3. The number of rotatable bonds is 10. The van der Waals surface area contributed by atoms with E-state index >= 15 is 0 Å². The second-order valence-electron chi connectivity index (χ2n) is 9.31. The molecule has 5 atom stereocenters. The highest BCUT2D eigenvalue weighted by Gasteiger charge is 2.54. The van der Waals surface area contributed by atoms with Crippen molar-refractivity contribution in [3.8, 4) is 0 Å². The largest absolute Gasteiger partial charge is 0.463 e. The molecule has 41 heavy (non-hydrogen) atoms. The molecule has 0 radical (unpaired) electrons. The number of hydrogen-bond acceptors (Lipinski definition) is 10. The molecule has 2 aromatic carbocycles. The maximum Gasteiger partial charge on any atom is 0.303 e. The highest BCUT2D eigenvalue weighted by atomic mass is 35.6. The first-order valence-corrected chi connectivity index (χ1v) is 13.8. The van der Waals surface area contributed by atoms with Gasteiger partial charge in [0.05, 0.1) is 0 Å². The van der Waals surface area contributed by atoms with E-state index in [1.54, 1.807) is 0 Å². The smallest absolute Gasteiger partial charge is 0.303 e. The van der Waals surface area contributed by atoms with Crippen molar-refractivity contribution in [3.05, 3.63) is 71.8 Å². The van der Waals surface area contributed by atoms with Crippen LogP contribution in [0.5, 0.6) is 0 Å². The quantitative estimate of drug-likeness (QED) is 0.132. The van der Waals surface area contributed by atoms with Crippen LogP contribution in [0, 0.1) is 5.41 Å². The van der Waals surface area contributed by atoms with Gasteiger partial charge in [0.15, 0.2) is 12.2 Å². The molecule has 0 aromatic heterocycles. The lowest BCUT2D eigenvalue weighted by molar-refractivity contribution is -0.278. The van der Waals surface area contributed by atoms with Crippen molar-refractivity contribution in [2.45, 2.75) is 68.3 Å². The lowest BCUT2D eigenvalue weighted by Crippen LogP contribution is -2.66. The van der Waals surface area contributed by atoms with E-state index in [0.717, 1.165) is 11.1 Å². The predicted molar refractivity (Wildman–Crippen MR) is 151 cm³/mol. The monoisotopic (exact) mass is 628 g/mol. The molecule has 0 saturated carbocycles. The number of alkyl halides is 3. The maximum absolute atomic E-state index is 12.4. The van der Waals surface area contributed by atoms with E-state index in [4.69, 9.17) is 63.9 Å². The number of benzene rings is 2. The number of nitrogens with zero attached hydrogens (tertiary/aromatic N) is 1. The van der Waals surface area contributed by atoms with Gasteiger partial charge in [-0.2, -0.15) is 0 Å². The van der Waals surface area contributed by atoms with Gasteiger partial charge in [0, 0.05) is 33.9 Å². The minimum absolute atomic E-state index is 0.296. The molecule has 0 bridgehead atoms. The van der Waals surface area contributed by atoms with E-state index in [1.807, 2.05) is 65.6 Å². The fraction of sp³-hybridized carbons (Fsp3) is 0.429. The number of halogens is 3. The summed E-state index contributed by atoms with van der Waals surface area (Å²) in [7, 11) is 0. The fourth-order valence-electron chi connectivity index (χ4n) is 4.45. The first kappa shape index (κ1) is 32.6. The molecule has 1 saturated heterocycles. The molecule has 0 amide bonds. The van der Waals surface area contributed by atoms with Crippen LogP contribution in [-0.2, 0) is 51.2 Å². The van der Waals surface area contributed by atoms with Gasteiger partial charge in [-0.3, -0.25) is 24.7 Å². The number of nitrogens with one attached hydrogen (secondary N) is 1. The number of hydrogen-bond donors (Lipinski definition) is 1. The Morgan fingerprint density at radius 1 is 0.805 bits per heavy atom. The topological polar surface area (TPSA) is 124 Å². The third kappa shape index (κ3) is 9.86. The molecule has 13 heteroatoms. The minimum Gasteiger partial charge on any atom is -0.463 e. The van der Waals surface area contributed by atoms with Gasteiger partial charge in [0.2, 0.25) is 12.2 Å². The van der Waals surface area contributed by atoms with Gasteiger partial charge in [-0.1, -0.05) is 95.5 Å². The van der Waals surface area contributed by atoms with E-state index in [2.05, 4.69) is 0 Å². The predicted octanol–water partition coefficient (Wildman–Crippen LogP) is 4.57. The van der Waals surface area contributed by atoms with E-state index in [9.17, 15) is 14.4 Å². The zero-order valence-electron chi connectivity index (χ0n) is 22.6. The molecule has 1 N–H and O–H groups in total. The molecular formula is C28H31Cl3N2O8. The van der Waals surface area contributed by atoms with Gasteiger partial charge in [0.25, 0.3) is 3.79 Å². The second-order valence-corrected chi connectivity index (χ2v) is 11.6. The van der Waals surface area contributed by atoms with Crippen LogP contribution in [0.2, 0.25) is 0 Å². The molecule has 0 unspecified atom stereocenters. The van der Waals surface area contributed by atoms with Crippen LogP contribution >= 0.6 is 34.8 Å². The van der Waals surface area contributed by atoms with E-state index in [-0.39, 0.29) is 6.61 Å². The van der Waals surface area contributed by atoms with Crippen LogP contribution in [0.25, 0.3) is 0 Å². The summed E-state index contributed by atoms with van der Waals surface area (Å²) in [6.07, 6.45) is -5.00. The van der Waals surface area contributed by atoms with E-state index < -0.39 is 58.2 Å². The lowest BCUT2D eigenvalue weighted by atomic mass is 9.93. The SMILES string of the molecule is CC(=O)OC[C@H]1O[C@H](OC(=N)C(Cl)(Cl)Cl)[C@H](N(Cc2ccccc2)Cc2ccccc2)[C@@H](OC(C)=O)[C@@H]1OC(C)=O. The van der Waals surface area contributed by atoms with E-state index in [1.165, 1.54) is 20.8 Å². The van der Waals surface area contributed by atoms with Crippen molar-refractivity contribution in [3.63, 3.8) is 0 Å². The molecule has 1 heterocycles. The first-order valence-electron chi connectivity index (χ1n) is 12.6. The Bertz CT molecular complexity index is 1150. The first-order chi connectivity index (χ1) is 19.3. The third-order valence-electron chi connectivity index (χ3n) is 6.04. The molecule has 0 aliphatic carbocycles. The van der Waals surface area contributed by atoms with Crippen LogP contribution < -0.4 is 0 Å². The molecule has 3 rings (SSSR count). The van der Waals surface area contributed by atoms with Crippen molar-refractivity contribution in [1.29, 1.82) is 5.41 Å². The van der Waals surface area contributed by atoms with E-state index in [0.29, 0.717) is 13.1 Å². The summed E-state index contributed by atoms with van der Waals surface area (Å²) in [4.78, 5) is 38.2. The Labute approximate surface area is 253 Å². The number of ether oxygens (including phenoxy) is 5. The summed E-state index contributed by atoms with van der Waals surface area (Å²) in [6, 6.07) is 17.9. The van der Waals surface area contributed by atoms with Crippen LogP contribution in [0.4, 0.5) is 0 Å². The third-order valence-corrected chi connectivity index (χ3v) is 6.55. The zero-order chi connectivity index (χ0) is 30.2. The minimum atomic E-state index is -2.24. The summed E-state index contributed by atoms with van der Waals surface area (Å²) in [5.74, 6) is -2.74. The van der Waals surface area contributed by atoms with Crippen molar-refractivity contribution in [2.75, 3.05) is 6.61 Å². The Kier molecular flexibility index (Phi) is 11.8. The van der Waals surface area contributed by atoms with Gasteiger partial charge < -0.3 is 23.7 Å².